The van der Waals surface area contributed by atoms with Crippen LogP contribution in [0.2, 0.25) is 0 Å². The number of aliphatic imine (C=N–C) groups is 1. The van der Waals surface area contributed by atoms with Crippen LogP contribution in [0.1, 0.15) is 6.92 Å². The largest absolute Gasteiger partial charge is 0.480 e. The summed E-state index contributed by atoms with van der Waals surface area (Å²) in [6.45, 7) is 1.43. The lowest BCUT2D eigenvalue weighted by atomic mass is 10.4. The second kappa shape index (κ2) is 2.91. The average Bonchev–Trinajstić information content (AvgIpc) is 1.85. The Morgan fingerprint density at radius 2 is 2.44 bits per heavy atom. The lowest BCUT2D eigenvalue weighted by molar-refractivity contribution is -0.137. The Morgan fingerprint density at radius 3 is 2.78 bits per heavy atom. The highest BCUT2D eigenvalue weighted by Crippen LogP contribution is 1.85. The maximum atomic E-state index is 10.4. The molecule has 0 fully saturated rings. The van der Waals surface area contributed by atoms with E-state index in [1.54, 1.807) is 0 Å². The Kier molecular flexibility index (Phi) is 1.90. The fourth-order valence-corrected chi connectivity index (χ4v) is 0.276. The number of hydrogen-bond acceptors (Lipinski definition) is 3. The predicted molar refractivity (Wildman–Crippen MR) is 32.9 cm³/mol. The number of carboxylic acid groups (broad SMARTS) is 1. The standard InChI is InChI=1S/C4H9N3O2/c1-2(3(8)9)7-4(5)6/h2H,1H3,(H,8,9)(H4,5,6,7)/i/hD. The number of guanidine groups is 1. The molecular weight excluding hydrogens is 122 g/mol. The normalized spacial score (nSPS) is 13.2. The molecule has 0 aromatic rings. The third-order valence-corrected chi connectivity index (χ3v) is 0.684. The van der Waals surface area contributed by atoms with E-state index < -0.39 is 12.0 Å². The van der Waals surface area contributed by atoms with Gasteiger partial charge in [-0.3, -0.25) is 0 Å². The van der Waals surface area contributed by atoms with E-state index in [2.05, 4.69) is 10.1 Å². The number of aliphatic carboxylic acids is 1. The van der Waals surface area contributed by atoms with Crippen LogP contribution in [0.4, 0.5) is 0 Å². The van der Waals surface area contributed by atoms with Crippen LogP contribution < -0.4 is 11.5 Å². The minimum Gasteiger partial charge on any atom is -0.480 e. The molecule has 0 saturated heterocycles. The molecule has 0 aliphatic heterocycles. The summed E-state index contributed by atoms with van der Waals surface area (Å²) in [5.41, 5.74) is 9.89. The highest BCUT2D eigenvalue weighted by molar-refractivity contribution is 5.81. The lowest BCUT2D eigenvalue weighted by Gasteiger charge is -1.97. The molecule has 0 aliphatic carbocycles. The van der Waals surface area contributed by atoms with Crippen molar-refractivity contribution in [3.05, 3.63) is 0 Å². The van der Waals surface area contributed by atoms with Crippen molar-refractivity contribution in [1.82, 2.24) is 0 Å². The van der Waals surface area contributed by atoms with Gasteiger partial charge in [0.2, 0.25) is 0 Å². The van der Waals surface area contributed by atoms with Crippen LogP contribution in [-0.2, 0) is 4.79 Å². The number of hydrogen-bond donors (Lipinski definition) is 3. The van der Waals surface area contributed by atoms with Gasteiger partial charge in [0.05, 0.1) is 0 Å². The first kappa shape index (κ1) is 5.87. The number of carboxylic acids is 1. The Hall–Kier alpha value is -1.26. The molecule has 9 heavy (non-hydrogen) atoms. The summed E-state index contributed by atoms with van der Waals surface area (Å²) in [4.78, 5) is 13.8. The monoisotopic (exact) mass is 132 g/mol. The molecule has 0 aromatic heterocycles. The minimum absolute atomic E-state index is 0.196. The van der Waals surface area contributed by atoms with E-state index in [0.717, 1.165) is 0 Å². The van der Waals surface area contributed by atoms with Crippen molar-refractivity contribution in [2.45, 2.75) is 13.0 Å². The summed E-state index contributed by atoms with van der Waals surface area (Å²) in [5, 5.41) is 3.61. The van der Waals surface area contributed by atoms with Crippen molar-refractivity contribution < 1.29 is 9.90 Å². The van der Waals surface area contributed by atoms with Crippen LogP contribution in [0.3, 0.4) is 0 Å². The topological polar surface area (TPSA) is 102 Å². The molecule has 5 heteroatoms. The molecule has 0 radical (unpaired) electrons. The van der Waals surface area contributed by atoms with Crippen LogP contribution in [0.5, 0.6) is 0 Å². The van der Waals surface area contributed by atoms with Gasteiger partial charge in [0, 0.05) is 0 Å². The molecule has 0 aromatic carbocycles. The number of nitrogens with two attached hydrogens (primary N) is 2. The molecule has 5 nitrogen and oxygen atoms in total. The van der Waals surface area contributed by atoms with Gasteiger partial charge < -0.3 is 16.6 Å². The first-order valence-electron chi connectivity index (χ1n) is 2.74. The zero-order chi connectivity index (χ0) is 8.15. The molecule has 0 saturated carbocycles. The third kappa shape index (κ3) is 3.33. The van der Waals surface area contributed by atoms with E-state index in [9.17, 15) is 4.79 Å². The molecule has 1 atom stereocenters. The number of nitrogens with zero attached hydrogens (tertiary/aromatic N) is 1. The van der Waals surface area contributed by atoms with E-state index in [1.807, 2.05) is 0 Å². The highest BCUT2D eigenvalue weighted by Gasteiger charge is 2.07. The molecule has 0 heterocycles. The summed E-state index contributed by atoms with van der Waals surface area (Å²) in [6, 6.07) is -0.803. The molecule has 0 aliphatic rings. The van der Waals surface area contributed by atoms with E-state index in [1.165, 1.54) is 6.92 Å². The van der Waals surface area contributed by atoms with E-state index in [-0.39, 0.29) is 5.96 Å². The van der Waals surface area contributed by atoms with Gasteiger partial charge in [0.1, 0.15) is 6.04 Å². The zero-order valence-corrected chi connectivity index (χ0v) is 5.00. The van der Waals surface area contributed by atoms with Crippen LogP contribution in [-0.4, -0.2) is 23.1 Å². The molecule has 52 valence electrons. The van der Waals surface area contributed by atoms with Gasteiger partial charge >= 0.3 is 5.97 Å². The summed E-state index contributed by atoms with van der Waals surface area (Å²) in [5.74, 6) is -0.980. The molecule has 1 unspecified atom stereocenters. The highest BCUT2D eigenvalue weighted by atomic mass is 16.4. The summed E-state index contributed by atoms with van der Waals surface area (Å²) >= 11 is 0. The summed E-state index contributed by atoms with van der Waals surface area (Å²) in [7, 11) is 0. The lowest BCUT2D eigenvalue weighted by Crippen LogP contribution is -2.27. The summed E-state index contributed by atoms with van der Waals surface area (Å²) < 4.78 is 6.18. The fourth-order valence-electron chi connectivity index (χ4n) is 0.276. The number of rotatable bonds is 2. The van der Waals surface area contributed by atoms with Gasteiger partial charge in [0.15, 0.2) is 5.96 Å². The fraction of sp³-hybridized carbons (Fsp3) is 0.500. The molecule has 0 rings (SSSR count). The molecular formula is C4H9N3O2. The molecule has 5 N–H and O–H groups in total. The van der Waals surface area contributed by atoms with Crippen molar-refractivity contribution in [3.8, 4) is 0 Å². The predicted octanol–water partition coefficient (Wildman–Crippen LogP) is -1.27. The third-order valence-electron chi connectivity index (χ3n) is 0.684. The van der Waals surface area contributed by atoms with Crippen molar-refractivity contribution in [2.75, 3.05) is 0 Å². The van der Waals surface area contributed by atoms with E-state index in [0.29, 0.717) is 0 Å². The van der Waals surface area contributed by atoms with Crippen molar-refractivity contribution >= 4 is 11.9 Å². The first-order valence-corrected chi connectivity index (χ1v) is 2.33. The van der Waals surface area contributed by atoms with Crippen LogP contribution in [0, 0.1) is 0 Å². The van der Waals surface area contributed by atoms with Crippen molar-refractivity contribution in [2.24, 2.45) is 16.5 Å². The van der Waals surface area contributed by atoms with Gasteiger partial charge in [-0.2, -0.15) is 0 Å². The van der Waals surface area contributed by atoms with Gasteiger partial charge in [-0.15, -0.1) is 0 Å². The van der Waals surface area contributed by atoms with Crippen LogP contribution >= 0.6 is 0 Å². The van der Waals surface area contributed by atoms with Crippen LogP contribution in [0.15, 0.2) is 4.99 Å². The summed E-state index contributed by atoms with van der Waals surface area (Å²) in [6.07, 6.45) is 0. The average molecular weight is 132 g/mol. The molecule has 0 bridgehead atoms. The Balaban J connectivity index is 3.96. The minimum atomic E-state index is -0.803. The van der Waals surface area contributed by atoms with Gasteiger partial charge in [0.25, 0.3) is 1.43 Å². The second-order valence-electron chi connectivity index (χ2n) is 1.55. The van der Waals surface area contributed by atoms with Gasteiger partial charge in [-0.05, 0) is 6.92 Å². The Bertz CT molecular complexity index is 155. The van der Waals surface area contributed by atoms with Crippen LogP contribution in [0.25, 0.3) is 1.43 Å². The van der Waals surface area contributed by atoms with Crippen molar-refractivity contribution in [3.63, 3.8) is 0 Å². The van der Waals surface area contributed by atoms with E-state index >= 15 is 0 Å². The first-order chi connectivity index (χ1) is 4.57. The van der Waals surface area contributed by atoms with Gasteiger partial charge in [-0.25, -0.2) is 9.79 Å². The molecule has 0 amide bonds. The second-order valence-corrected chi connectivity index (χ2v) is 1.55. The maximum absolute atomic E-state index is 10.4. The zero-order valence-electron chi connectivity index (χ0n) is 6.00. The Labute approximate surface area is 53.9 Å². The quantitative estimate of drug-likeness (QED) is 0.322. The number of carbonyl (C=O) groups is 1. The smallest absolute Gasteiger partial charge is 0.328 e. The van der Waals surface area contributed by atoms with Gasteiger partial charge in [-0.1, -0.05) is 0 Å². The molecule has 0 spiro atoms. The van der Waals surface area contributed by atoms with E-state index in [4.69, 9.17) is 12.9 Å². The maximum Gasteiger partial charge on any atom is 0.328 e. The Morgan fingerprint density at radius 1 is 1.89 bits per heavy atom. The van der Waals surface area contributed by atoms with Crippen molar-refractivity contribution in [1.29, 1.82) is 1.43 Å². The SMILES string of the molecule is [2H]OC(=O)C(C)N=C(N)N.